The molecule has 1 aliphatic heterocycles. The van der Waals surface area contributed by atoms with Gasteiger partial charge in [-0.05, 0) is 74.9 Å². The summed E-state index contributed by atoms with van der Waals surface area (Å²) in [6.07, 6.45) is 2.65. The van der Waals surface area contributed by atoms with E-state index in [9.17, 15) is 22.4 Å². The van der Waals surface area contributed by atoms with Crippen molar-refractivity contribution in [2.24, 2.45) is 0 Å². The lowest BCUT2D eigenvalue weighted by atomic mass is 10.0. The van der Waals surface area contributed by atoms with Gasteiger partial charge < -0.3 is 10.6 Å². The van der Waals surface area contributed by atoms with Crippen molar-refractivity contribution in [3.8, 4) is 0 Å². The third-order valence-corrected chi connectivity index (χ3v) is 7.95. The summed E-state index contributed by atoms with van der Waals surface area (Å²) in [6.45, 7) is 5.76. The Morgan fingerprint density at radius 3 is 2.39 bits per heavy atom. The molecule has 1 saturated heterocycles. The Morgan fingerprint density at radius 2 is 1.73 bits per heavy atom. The first-order valence-electron chi connectivity index (χ1n) is 11.0. The van der Waals surface area contributed by atoms with Gasteiger partial charge in [-0.25, -0.2) is 12.8 Å². The van der Waals surface area contributed by atoms with E-state index in [4.69, 9.17) is 0 Å². The standard InChI is InChI=1S/C24H30FN3O4S/c1-16-7-6-8-17(2)22(16)27-24(30)23(29)26-13-12-19-9-4-5-14-28(19)33(31,32)20-10-11-21(25)18(3)15-20/h6-8,10-11,15,19H,4-5,9,12-14H2,1-3H3,(H,26,29)(H,27,30)/t19-/m1/s1. The van der Waals surface area contributed by atoms with Gasteiger partial charge in [0, 0.05) is 24.8 Å². The molecule has 2 amide bonds. The van der Waals surface area contributed by atoms with Crippen molar-refractivity contribution in [1.82, 2.24) is 9.62 Å². The van der Waals surface area contributed by atoms with Gasteiger partial charge in [0.1, 0.15) is 5.82 Å². The minimum Gasteiger partial charge on any atom is -0.348 e. The minimum atomic E-state index is -3.79. The molecule has 1 atom stereocenters. The van der Waals surface area contributed by atoms with Crippen LogP contribution in [0.5, 0.6) is 0 Å². The molecule has 9 heteroatoms. The summed E-state index contributed by atoms with van der Waals surface area (Å²) in [5.41, 5.74) is 2.59. The van der Waals surface area contributed by atoms with Crippen LogP contribution in [0.1, 0.15) is 42.4 Å². The van der Waals surface area contributed by atoms with E-state index in [1.165, 1.54) is 23.4 Å². The number of hydrogen-bond acceptors (Lipinski definition) is 4. The summed E-state index contributed by atoms with van der Waals surface area (Å²) >= 11 is 0. The van der Waals surface area contributed by atoms with Crippen LogP contribution in [0.15, 0.2) is 41.3 Å². The van der Waals surface area contributed by atoms with Crippen LogP contribution >= 0.6 is 0 Å². The van der Waals surface area contributed by atoms with Crippen molar-refractivity contribution in [1.29, 1.82) is 0 Å². The van der Waals surface area contributed by atoms with Gasteiger partial charge in [-0.1, -0.05) is 24.6 Å². The minimum absolute atomic E-state index is 0.0605. The molecule has 2 N–H and O–H groups in total. The average Bonchev–Trinajstić information content (AvgIpc) is 2.78. The van der Waals surface area contributed by atoms with E-state index in [2.05, 4.69) is 10.6 Å². The van der Waals surface area contributed by atoms with Crippen molar-refractivity contribution >= 4 is 27.5 Å². The van der Waals surface area contributed by atoms with Crippen LogP contribution in [0.4, 0.5) is 10.1 Å². The molecule has 7 nitrogen and oxygen atoms in total. The monoisotopic (exact) mass is 475 g/mol. The fourth-order valence-corrected chi connectivity index (χ4v) is 5.92. The molecule has 1 aliphatic rings. The second kappa shape index (κ2) is 10.4. The lowest BCUT2D eigenvalue weighted by Crippen LogP contribution is -2.45. The third kappa shape index (κ3) is 5.78. The van der Waals surface area contributed by atoms with Crippen LogP contribution < -0.4 is 10.6 Å². The SMILES string of the molecule is Cc1cc(S(=O)(=O)N2CCCC[C@@H]2CCNC(=O)C(=O)Nc2c(C)cccc2C)ccc1F. The molecule has 1 fully saturated rings. The van der Waals surface area contributed by atoms with Crippen molar-refractivity contribution in [2.75, 3.05) is 18.4 Å². The largest absolute Gasteiger partial charge is 0.348 e. The van der Waals surface area contributed by atoms with Crippen LogP contribution in [0, 0.1) is 26.6 Å². The zero-order valence-corrected chi connectivity index (χ0v) is 20.0. The Morgan fingerprint density at radius 1 is 1.03 bits per heavy atom. The van der Waals surface area contributed by atoms with Gasteiger partial charge in [0.2, 0.25) is 10.0 Å². The summed E-state index contributed by atoms with van der Waals surface area (Å²) in [7, 11) is -3.79. The zero-order valence-electron chi connectivity index (χ0n) is 19.2. The number of nitrogens with zero attached hydrogens (tertiary/aromatic N) is 1. The van der Waals surface area contributed by atoms with Crippen molar-refractivity contribution in [3.05, 3.63) is 58.9 Å². The maximum atomic E-state index is 13.6. The molecule has 0 unspecified atom stereocenters. The van der Waals surface area contributed by atoms with E-state index in [1.54, 1.807) is 0 Å². The highest BCUT2D eigenvalue weighted by Gasteiger charge is 2.33. The Bertz CT molecular complexity index is 1130. The Balaban J connectivity index is 1.61. The number of rotatable bonds is 6. The van der Waals surface area contributed by atoms with E-state index in [-0.39, 0.29) is 23.0 Å². The normalized spacial score (nSPS) is 16.9. The average molecular weight is 476 g/mol. The van der Waals surface area contributed by atoms with Crippen molar-refractivity contribution in [3.63, 3.8) is 0 Å². The zero-order chi connectivity index (χ0) is 24.2. The molecule has 0 bridgehead atoms. The number of halogens is 1. The number of anilines is 1. The number of piperidine rings is 1. The quantitative estimate of drug-likeness (QED) is 0.626. The number of amides is 2. The number of carbonyl (C=O) groups is 2. The maximum absolute atomic E-state index is 13.6. The summed E-state index contributed by atoms with van der Waals surface area (Å²) in [6, 6.07) is 9.05. The number of sulfonamides is 1. The van der Waals surface area contributed by atoms with Gasteiger partial charge in [-0.15, -0.1) is 0 Å². The number of carbonyl (C=O) groups excluding carboxylic acids is 2. The summed E-state index contributed by atoms with van der Waals surface area (Å²) in [5.74, 6) is -1.98. The molecule has 178 valence electrons. The highest BCUT2D eigenvalue weighted by molar-refractivity contribution is 7.89. The maximum Gasteiger partial charge on any atom is 0.313 e. The van der Waals surface area contributed by atoms with Crippen LogP contribution in [-0.2, 0) is 19.6 Å². The summed E-state index contributed by atoms with van der Waals surface area (Å²) < 4.78 is 41.4. The first-order chi connectivity index (χ1) is 15.6. The van der Waals surface area contributed by atoms with E-state index < -0.39 is 27.7 Å². The fourth-order valence-electron chi connectivity index (χ4n) is 4.11. The number of benzene rings is 2. The van der Waals surface area contributed by atoms with Crippen molar-refractivity contribution in [2.45, 2.75) is 57.4 Å². The molecule has 0 aromatic heterocycles. The molecule has 0 spiro atoms. The predicted molar refractivity (Wildman–Crippen MR) is 125 cm³/mol. The van der Waals surface area contributed by atoms with Crippen molar-refractivity contribution < 1.29 is 22.4 Å². The number of hydrogen-bond donors (Lipinski definition) is 2. The van der Waals surface area contributed by atoms with Gasteiger partial charge in [-0.2, -0.15) is 4.31 Å². The molecule has 0 radical (unpaired) electrons. The van der Waals surface area contributed by atoms with Gasteiger partial charge in [0.05, 0.1) is 4.90 Å². The topological polar surface area (TPSA) is 95.6 Å². The third-order valence-electron chi connectivity index (χ3n) is 6.00. The number of para-hydroxylation sites is 1. The highest BCUT2D eigenvalue weighted by atomic mass is 32.2. The first-order valence-corrected chi connectivity index (χ1v) is 12.5. The van der Waals surface area contributed by atoms with Crippen LogP contribution in [-0.4, -0.2) is 43.7 Å². The van der Waals surface area contributed by atoms with Gasteiger partial charge in [0.15, 0.2) is 0 Å². The molecule has 3 rings (SSSR count). The second-order valence-corrected chi connectivity index (χ2v) is 10.3. The lowest BCUT2D eigenvalue weighted by molar-refractivity contribution is -0.136. The van der Waals surface area contributed by atoms with E-state index in [1.807, 2.05) is 32.0 Å². The van der Waals surface area contributed by atoms with E-state index >= 15 is 0 Å². The highest BCUT2D eigenvalue weighted by Crippen LogP contribution is 2.28. The smallest absolute Gasteiger partial charge is 0.313 e. The predicted octanol–water partition coefficient (Wildman–Crippen LogP) is 3.44. The van der Waals surface area contributed by atoms with Crippen LogP contribution in [0.2, 0.25) is 0 Å². The van der Waals surface area contributed by atoms with E-state index in [0.717, 1.165) is 30.0 Å². The van der Waals surface area contributed by atoms with Crippen LogP contribution in [0.25, 0.3) is 0 Å². The molecule has 0 aliphatic carbocycles. The molecule has 33 heavy (non-hydrogen) atoms. The summed E-state index contributed by atoms with van der Waals surface area (Å²) in [5, 5.41) is 5.24. The molecular weight excluding hydrogens is 445 g/mol. The summed E-state index contributed by atoms with van der Waals surface area (Å²) in [4.78, 5) is 24.7. The molecule has 1 heterocycles. The van der Waals surface area contributed by atoms with Gasteiger partial charge in [0.25, 0.3) is 0 Å². The molecule has 0 saturated carbocycles. The lowest BCUT2D eigenvalue weighted by Gasteiger charge is -2.34. The second-order valence-electron chi connectivity index (χ2n) is 8.44. The van der Waals surface area contributed by atoms with Gasteiger partial charge in [-0.3, -0.25) is 9.59 Å². The first kappa shape index (κ1) is 24.9. The molecule has 2 aromatic rings. The Labute approximate surface area is 194 Å². The Kier molecular flexibility index (Phi) is 7.86. The van der Waals surface area contributed by atoms with Crippen LogP contribution in [0.3, 0.4) is 0 Å². The van der Waals surface area contributed by atoms with Gasteiger partial charge >= 0.3 is 11.8 Å². The van der Waals surface area contributed by atoms with E-state index in [0.29, 0.717) is 25.1 Å². The molecule has 2 aromatic carbocycles. The number of aryl methyl sites for hydroxylation is 3. The molecular formula is C24H30FN3O4S. The number of nitrogens with one attached hydrogen (secondary N) is 2. The fraction of sp³-hybridized carbons (Fsp3) is 0.417. The Hall–Kier alpha value is -2.78.